The molecule has 1 aliphatic heterocycles. The Morgan fingerprint density at radius 2 is 1.80 bits per heavy atom. The van der Waals surface area contributed by atoms with Crippen molar-refractivity contribution >= 4 is 23.4 Å². The van der Waals surface area contributed by atoms with Crippen LogP contribution in [-0.4, -0.2) is 47.1 Å². The van der Waals surface area contributed by atoms with Gasteiger partial charge in [-0.25, -0.2) is 0 Å². The number of aliphatic hydroxyl groups is 1. The molecule has 1 unspecified atom stereocenters. The van der Waals surface area contributed by atoms with Crippen LogP contribution in [-0.2, 0) is 9.59 Å². The van der Waals surface area contributed by atoms with Gasteiger partial charge >= 0.3 is 0 Å². The third-order valence-electron chi connectivity index (χ3n) is 6.18. The zero-order valence-electron chi connectivity index (χ0n) is 17.9. The normalized spacial score (nSPS) is 21.1. The van der Waals surface area contributed by atoms with Gasteiger partial charge in [-0.2, -0.15) is 0 Å². The number of halogens is 1. The molecule has 0 radical (unpaired) electrons. The topological polar surface area (TPSA) is 69.6 Å². The Labute approximate surface area is 183 Å². The van der Waals surface area contributed by atoms with E-state index in [9.17, 15) is 14.7 Å². The van der Waals surface area contributed by atoms with Crippen molar-refractivity contribution in [2.45, 2.75) is 58.1 Å². The van der Waals surface area contributed by atoms with Crippen molar-refractivity contribution in [3.63, 3.8) is 0 Å². The minimum atomic E-state index is -0.643. The summed E-state index contributed by atoms with van der Waals surface area (Å²) >= 11 is 5.99. The number of nitrogens with one attached hydrogen (secondary N) is 1. The molecule has 2 amide bonds. The number of carbonyl (C=O) groups excluding carboxylic acids is 2. The van der Waals surface area contributed by atoms with E-state index in [4.69, 9.17) is 11.6 Å². The molecular formula is C24H31ClN2O3. The fraction of sp³-hybridized carbons (Fsp3) is 0.500. The number of benzene rings is 1. The average molecular weight is 431 g/mol. The van der Waals surface area contributed by atoms with Crippen LogP contribution in [0.1, 0.15) is 51.5 Å². The second-order valence-electron chi connectivity index (χ2n) is 8.60. The highest BCUT2D eigenvalue weighted by Crippen LogP contribution is 2.29. The highest BCUT2D eigenvalue weighted by atomic mass is 35.5. The highest BCUT2D eigenvalue weighted by Gasteiger charge is 2.32. The van der Waals surface area contributed by atoms with Gasteiger partial charge in [0.1, 0.15) is 6.04 Å². The summed E-state index contributed by atoms with van der Waals surface area (Å²) in [6.45, 7) is 6.99. The Bertz CT molecular complexity index is 837. The molecule has 1 heterocycles. The molecule has 1 saturated heterocycles. The number of hydrogen-bond acceptors (Lipinski definition) is 3. The Morgan fingerprint density at radius 3 is 2.40 bits per heavy atom. The Balaban J connectivity index is 1.63. The minimum Gasteiger partial charge on any atom is -0.388 e. The van der Waals surface area contributed by atoms with Gasteiger partial charge in [-0.1, -0.05) is 49.7 Å². The van der Waals surface area contributed by atoms with E-state index in [1.54, 1.807) is 19.1 Å². The zero-order valence-corrected chi connectivity index (χ0v) is 18.7. The van der Waals surface area contributed by atoms with E-state index in [0.29, 0.717) is 36.6 Å². The van der Waals surface area contributed by atoms with E-state index in [0.717, 1.165) is 17.9 Å². The summed E-state index contributed by atoms with van der Waals surface area (Å²) in [7, 11) is 0. The predicted octanol–water partition coefficient (Wildman–Crippen LogP) is 3.82. The predicted molar refractivity (Wildman–Crippen MR) is 119 cm³/mol. The molecule has 6 heteroatoms. The molecule has 0 bridgehead atoms. The minimum absolute atomic E-state index is 0.0335. The quantitative estimate of drug-likeness (QED) is 0.745. The first kappa shape index (κ1) is 22.6. The molecule has 0 saturated carbocycles. The van der Waals surface area contributed by atoms with Gasteiger partial charge in [0.2, 0.25) is 5.91 Å². The molecule has 5 nitrogen and oxygen atoms in total. The molecule has 0 spiro atoms. The number of amides is 2. The Hall–Kier alpha value is -2.11. The summed E-state index contributed by atoms with van der Waals surface area (Å²) in [5.41, 5.74) is 2.35. The number of piperidine rings is 1. The van der Waals surface area contributed by atoms with Gasteiger partial charge < -0.3 is 15.3 Å². The summed E-state index contributed by atoms with van der Waals surface area (Å²) in [6.07, 6.45) is 5.18. The van der Waals surface area contributed by atoms with Gasteiger partial charge in [-0.05, 0) is 61.3 Å². The molecule has 0 aromatic heterocycles. The molecule has 1 aromatic carbocycles. The lowest BCUT2D eigenvalue weighted by atomic mass is 9.89. The fourth-order valence-electron chi connectivity index (χ4n) is 4.15. The number of rotatable bonds is 5. The maximum atomic E-state index is 13.2. The van der Waals surface area contributed by atoms with Crippen molar-refractivity contribution in [1.82, 2.24) is 10.2 Å². The van der Waals surface area contributed by atoms with Crippen molar-refractivity contribution < 1.29 is 14.7 Å². The van der Waals surface area contributed by atoms with E-state index in [1.807, 2.05) is 30.9 Å². The fourth-order valence-corrected chi connectivity index (χ4v) is 4.28. The van der Waals surface area contributed by atoms with Crippen LogP contribution in [0.25, 0.3) is 0 Å². The molecule has 3 rings (SSSR count). The molecule has 1 fully saturated rings. The largest absolute Gasteiger partial charge is 0.388 e. The lowest BCUT2D eigenvalue weighted by molar-refractivity contribution is -0.138. The van der Waals surface area contributed by atoms with E-state index >= 15 is 0 Å². The van der Waals surface area contributed by atoms with E-state index in [2.05, 4.69) is 17.4 Å². The standard InChI is InChI=1S/C24H31ClN2O3/c1-15(2)22(26-23(29)20-5-4-6-21(28)16(20)3)24(30)27-13-11-18(12-14-27)17-7-9-19(25)10-8-17/h4-5,7-10,15,18,21-22,28H,6,11-14H2,1-3H3,(H,26,29)/t21?,22-/m1/s1. The number of likely N-dealkylation sites (tertiary alicyclic amines) is 1. The second-order valence-corrected chi connectivity index (χ2v) is 9.03. The highest BCUT2D eigenvalue weighted by molar-refractivity contribution is 6.30. The third-order valence-corrected chi connectivity index (χ3v) is 6.43. The SMILES string of the molecule is CC1=C(C(=O)N[C@@H](C(=O)N2CCC(c3ccc(Cl)cc3)CC2)C(C)C)C=CCC1O. The monoisotopic (exact) mass is 430 g/mol. The van der Waals surface area contributed by atoms with Crippen LogP contribution < -0.4 is 5.32 Å². The van der Waals surface area contributed by atoms with Gasteiger partial charge in [0.15, 0.2) is 0 Å². The average Bonchev–Trinajstić information content (AvgIpc) is 2.74. The van der Waals surface area contributed by atoms with Crippen LogP contribution in [0.2, 0.25) is 5.02 Å². The van der Waals surface area contributed by atoms with Gasteiger partial charge in [-0.15, -0.1) is 0 Å². The van der Waals surface area contributed by atoms with E-state index in [-0.39, 0.29) is 17.7 Å². The Morgan fingerprint density at radius 1 is 1.17 bits per heavy atom. The first-order valence-corrected chi connectivity index (χ1v) is 11.1. The summed E-state index contributed by atoms with van der Waals surface area (Å²) in [5.74, 6) is 0.0472. The second kappa shape index (κ2) is 9.80. The van der Waals surface area contributed by atoms with Crippen molar-refractivity contribution in [1.29, 1.82) is 0 Å². The molecule has 30 heavy (non-hydrogen) atoms. The molecule has 2 aliphatic rings. The summed E-state index contributed by atoms with van der Waals surface area (Å²) < 4.78 is 0. The molecule has 2 N–H and O–H groups in total. The van der Waals surface area contributed by atoms with E-state index in [1.165, 1.54) is 5.56 Å². The third kappa shape index (κ3) is 5.13. The Kier molecular flexibility index (Phi) is 7.37. The lowest BCUT2D eigenvalue weighted by Gasteiger charge is -2.35. The van der Waals surface area contributed by atoms with Crippen molar-refractivity contribution in [3.8, 4) is 0 Å². The molecule has 162 valence electrons. The molecule has 1 aromatic rings. The number of aliphatic hydroxyl groups excluding tert-OH is 1. The van der Waals surface area contributed by atoms with Crippen molar-refractivity contribution in [2.75, 3.05) is 13.1 Å². The smallest absolute Gasteiger partial charge is 0.251 e. The summed E-state index contributed by atoms with van der Waals surface area (Å²) in [6, 6.07) is 7.35. The van der Waals surface area contributed by atoms with Gasteiger partial charge in [0, 0.05) is 23.7 Å². The molecule has 2 atom stereocenters. The first-order valence-electron chi connectivity index (χ1n) is 10.7. The maximum Gasteiger partial charge on any atom is 0.251 e. The molecule has 1 aliphatic carbocycles. The van der Waals surface area contributed by atoms with Gasteiger partial charge in [-0.3, -0.25) is 9.59 Å². The zero-order chi connectivity index (χ0) is 21.8. The van der Waals surface area contributed by atoms with Crippen LogP contribution in [0.3, 0.4) is 0 Å². The van der Waals surface area contributed by atoms with Crippen LogP contribution in [0.5, 0.6) is 0 Å². The lowest BCUT2D eigenvalue weighted by Crippen LogP contribution is -2.53. The van der Waals surface area contributed by atoms with E-state index < -0.39 is 12.1 Å². The van der Waals surface area contributed by atoms with Crippen LogP contribution in [0.4, 0.5) is 0 Å². The molecular weight excluding hydrogens is 400 g/mol. The van der Waals surface area contributed by atoms with Gasteiger partial charge in [0.25, 0.3) is 5.91 Å². The van der Waals surface area contributed by atoms with Crippen molar-refractivity contribution in [3.05, 3.63) is 58.1 Å². The van der Waals surface area contributed by atoms with Crippen molar-refractivity contribution in [2.24, 2.45) is 5.92 Å². The maximum absolute atomic E-state index is 13.2. The summed E-state index contributed by atoms with van der Waals surface area (Å²) in [4.78, 5) is 27.9. The van der Waals surface area contributed by atoms with Crippen LogP contribution >= 0.6 is 11.6 Å². The van der Waals surface area contributed by atoms with Crippen LogP contribution in [0.15, 0.2) is 47.6 Å². The first-order chi connectivity index (χ1) is 14.3. The number of nitrogens with zero attached hydrogens (tertiary/aromatic N) is 1. The number of hydrogen-bond donors (Lipinski definition) is 2. The van der Waals surface area contributed by atoms with Crippen LogP contribution in [0, 0.1) is 5.92 Å². The number of carbonyl (C=O) groups is 2. The summed E-state index contributed by atoms with van der Waals surface area (Å²) in [5, 5.41) is 13.7. The van der Waals surface area contributed by atoms with Gasteiger partial charge in [0.05, 0.1) is 6.10 Å².